The van der Waals surface area contributed by atoms with E-state index in [-0.39, 0.29) is 5.91 Å². The third-order valence-electron chi connectivity index (χ3n) is 7.51. The molecule has 8 heteroatoms. The molecule has 0 spiro atoms. The van der Waals surface area contributed by atoms with E-state index in [4.69, 9.17) is 10.5 Å². The monoisotopic (exact) mass is 512 g/mol. The van der Waals surface area contributed by atoms with Crippen LogP contribution < -0.4 is 15.8 Å². The Labute approximate surface area is 223 Å². The lowest BCUT2D eigenvalue weighted by Crippen LogP contribution is -2.41. The molecule has 0 aliphatic heterocycles. The fourth-order valence-corrected chi connectivity index (χ4v) is 5.20. The van der Waals surface area contributed by atoms with Gasteiger partial charge in [0, 0.05) is 29.9 Å². The first-order valence-electron chi connectivity index (χ1n) is 13.4. The van der Waals surface area contributed by atoms with Crippen molar-refractivity contribution in [1.29, 1.82) is 0 Å². The molecule has 2 heterocycles. The Bertz CT molecular complexity index is 1380. The zero-order valence-electron chi connectivity index (χ0n) is 22.1. The number of nitrogens with two attached hydrogens (primary N) is 1. The van der Waals surface area contributed by atoms with Gasteiger partial charge in [0.2, 0.25) is 5.91 Å². The molecule has 5 rings (SSSR count). The van der Waals surface area contributed by atoms with Gasteiger partial charge in [-0.05, 0) is 43.5 Å². The van der Waals surface area contributed by atoms with Gasteiger partial charge in [-0.1, -0.05) is 62.4 Å². The van der Waals surface area contributed by atoms with E-state index < -0.39 is 0 Å². The summed E-state index contributed by atoms with van der Waals surface area (Å²) in [5, 5.41) is 3.96. The lowest BCUT2D eigenvalue weighted by Gasteiger charge is -2.36. The Kier molecular flexibility index (Phi) is 7.89. The fraction of sp³-hybridized carbons (Fsp3) is 0.367. The van der Waals surface area contributed by atoms with E-state index in [9.17, 15) is 4.79 Å². The highest BCUT2D eigenvalue weighted by molar-refractivity contribution is 6.01. The quantitative estimate of drug-likeness (QED) is 0.303. The molecule has 1 aliphatic carbocycles. The summed E-state index contributed by atoms with van der Waals surface area (Å²) in [6, 6.07) is 18.5. The SMILES string of the molecule is CCN(CC)CC(=O)NCC1CC(n2cc(-c3ccccc3OCc3ccccc3)c3c(N)ncnc32)C1. The van der Waals surface area contributed by atoms with Gasteiger partial charge < -0.3 is 20.4 Å². The van der Waals surface area contributed by atoms with Gasteiger partial charge in [0.05, 0.1) is 11.9 Å². The molecule has 1 fully saturated rings. The maximum Gasteiger partial charge on any atom is 0.234 e. The number of fused-ring (bicyclic) bond motifs is 1. The van der Waals surface area contributed by atoms with Gasteiger partial charge in [-0.15, -0.1) is 0 Å². The van der Waals surface area contributed by atoms with Crippen molar-refractivity contribution in [2.24, 2.45) is 5.92 Å². The minimum Gasteiger partial charge on any atom is -0.488 e. The number of nitrogen functional groups attached to an aromatic ring is 1. The molecule has 1 aliphatic rings. The van der Waals surface area contributed by atoms with Gasteiger partial charge in [0.1, 0.15) is 30.1 Å². The standard InChI is InChI=1S/C30H36N6O2/c1-3-35(4-2)18-27(37)32-16-22-14-23(15-22)36-17-25(28-29(31)33-20-34-30(28)36)24-12-8-9-13-26(24)38-19-21-10-6-5-7-11-21/h5-13,17,20,22-23H,3-4,14-16,18-19H2,1-2H3,(H,32,37)(H2,31,33,34). The molecule has 0 atom stereocenters. The summed E-state index contributed by atoms with van der Waals surface area (Å²) in [7, 11) is 0. The molecule has 2 aromatic carbocycles. The van der Waals surface area contributed by atoms with Crippen molar-refractivity contribution in [2.75, 3.05) is 31.9 Å². The molecular weight excluding hydrogens is 476 g/mol. The predicted octanol–water partition coefficient (Wildman–Crippen LogP) is 4.67. The van der Waals surface area contributed by atoms with Crippen molar-refractivity contribution in [3.05, 3.63) is 72.7 Å². The third-order valence-corrected chi connectivity index (χ3v) is 7.51. The predicted molar refractivity (Wildman–Crippen MR) is 151 cm³/mol. The van der Waals surface area contributed by atoms with E-state index in [2.05, 4.69) is 63.0 Å². The Balaban J connectivity index is 1.33. The number of nitrogens with one attached hydrogen (secondary N) is 1. The van der Waals surface area contributed by atoms with E-state index in [1.54, 1.807) is 0 Å². The molecule has 2 aromatic heterocycles. The van der Waals surface area contributed by atoms with Crippen LogP contribution in [0.1, 0.15) is 38.3 Å². The first kappa shape index (κ1) is 25.7. The van der Waals surface area contributed by atoms with E-state index in [0.29, 0.717) is 37.5 Å². The highest BCUT2D eigenvalue weighted by atomic mass is 16.5. The smallest absolute Gasteiger partial charge is 0.234 e. The van der Waals surface area contributed by atoms with Gasteiger partial charge in [-0.25, -0.2) is 9.97 Å². The maximum absolute atomic E-state index is 12.3. The van der Waals surface area contributed by atoms with Crippen LogP contribution in [0.3, 0.4) is 0 Å². The first-order chi connectivity index (χ1) is 18.6. The van der Waals surface area contributed by atoms with Crippen molar-refractivity contribution < 1.29 is 9.53 Å². The summed E-state index contributed by atoms with van der Waals surface area (Å²) < 4.78 is 8.48. The van der Waals surface area contributed by atoms with Crippen LogP contribution in [-0.4, -0.2) is 51.5 Å². The number of carbonyl (C=O) groups excluding carboxylic acids is 1. The van der Waals surface area contributed by atoms with Crippen LogP contribution in [0, 0.1) is 5.92 Å². The first-order valence-corrected chi connectivity index (χ1v) is 13.4. The molecule has 0 bridgehead atoms. The second-order valence-corrected chi connectivity index (χ2v) is 9.93. The zero-order valence-corrected chi connectivity index (χ0v) is 22.1. The number of benzene rings is 2. The molecule has 8 nitrogen and oxygen atoms in total. The number of aromatic nitrogens is 3. The highest BCUT2D eigenvalue weighted by Gasteiger charge is 2.33. The molecule has 0 unspecified atom stereocenters. The number of carbonyl (C=O) groups is 1. The average molecular weight is 513 g/mol. The van der Waals surface area contributed by atoms with Crippen LogP contribution in [0.25, 0.3) is 22.2 Å². The molecule has 38 heavy (non-hydrogen) atoms. The normalized spacial score (nSPS) is 16.9. The van der Waals surface area contributed by atoms with Crippen molar-refractivity contribution in [1.82, 2.24) is 24.8 Å². The van der Waals surface area contributed by atoms with Gasteiger partial charge in [-0.3, -0.25) is 9.69 Å². The van der Waals surface area contributed by atoms with Gasteiger partial charge in [-0.2, -0.15) is 0 Å². The number of hydrogen-bond donors (Lipinski definition) is 2. The lowest BCUT2D eigenvalue weighted by molar-refractivity contribution is -0.122. The number of anilines is 1. The highest BCUT2D eigenvalue weighted by Crippen LogP contribution is 2.44. The topological polar surface area (TPSA) is 98.3 Å². The number of likely N-dealkylation sites (N-methyl/N-ethyl adjacent to an activating group) is 1. The van der Waals surface area contributed by atoms with E-state index in [1.807, 2.05) is 36.4 Å². The molecular formula is C30H36N6O2. The van der Waals surface area contributed by atoms with Crippen molar-refractivity contribution in [3.8, 4) is 16.9 Å². The largest absolute Gasteiger partial charge is 0.488 e. The Morgan fingerprint density at radius 2 is 1.79 bits per heavy atom. The van der Waals surface area contributed by atoms with Crippen LogP contribution in [0.5, 0.6) is 5.75 Å². The summed E-state index contributed by atoms with van der Waals surface area (Å²) in [6.45, 7) is 7.55. The van der Waals surface area contributed by atoms with E-state index in [0.717, 1.165) is 59.4 Å². The third kappa shape index (κ3) is 5.50. The van der Waals surface area contributed by atoms with Crippen LogP contribution in [-0.2, 0) is 11.4 Å². The number of ether oxygens (including phenoxy) is 1. The number of amides is 1. The van der Waals surface area contributed by atoms with Crippen LogP contribution in [0.15, 0.2) is 67.1 Å². The Hall–Kier alpha value is -3.91. The maximum atomic E-state index is 12.3. The van der Waals surface area contributed by atoms with Crippen molar-refractivity contribution in [2.45, 2.75) is 39.3 Å². The summed E-state index contributed by atoms with van der Waals surface area (Å²) in [4.78, 5) is 23.4. The van der Waals surface area contributed by atoms with Crippen LogP contribution in [0.2, 0.25) is 0 Å². The van der Waals surface area contributed by atoms with Gasteiger partial charge >= 0.3 is 0 Å². The van der Waals surface area contributed by atoms with Crippen LogP contribution in [0.4, 0.5) is 5.82 Å². The summed E-state index contributed by atoms with van der Waals surface area (Å²) in [5.74, 6) is 1.79. The van der Waals surface area contributed by atoms with Gasteiger partial charge in [0.25, 0.3) is 0 Å². The molecule has 1 saturated carbocycles. The number of nitrogens with zero attached hydrogens (tertiary/aromatic N) is 4. The van der Waals surface area contributed by atoms with Crippen molar-refractivity contribution in [3.63, 3.8) is 0 Å². The van der Waals surface area contributed by atoms with Crippen molar-refractivity contribution >= 4 is 22.8 Å². The Morgan fingerprint density at radius 1 is 1.05 bits per heavy atom. The van der Waals surface area contributed by atoms with Gasteiger partial charge in [0.15, 0.2) is 0 Å². The summed E-state index contributed by atoms with van der Waals surface area (Å²) in [5.41, 5.74) is 10.3. The Morgan fingerprint density at radius 3 is 2.55 bits per heavy atom. The lowest BCUT2D eigenvalue weighted by atomic mass is 9.80. The van der Waals surface area contributed by atoms with Crippen LogP contribution >= 0.6 is 0 Å². The minimum absolute atomic E-state index is 0.0958. The average Bonchev–Trinajstić information content (AvgIpc) is 3.30. The second-order valence-electron chi connectivity index (χ2n) is 9.93. The summed E-state index contributed by atoms with van der Waals surface area (Å²) in [6.07, 6.45) is 5.62. The van der Waals surface area contributed by atoms with E-state index >= 15 is 0 Å². The summed E-state index contributed by atoms with van der Waals surface area (Å²) >= 11 is 0. The number of hydrogen-bond acceptors (Lipinski definition) is 6. The second kappa shape index (κ2) is 11.6. The molecule has 1 amide bonds. The molecule has 3 N–H and O–H groups in total. The number of rotatable bonds is 11. The minimum atomic E-state index is 0.0958. The molecule has 4 aromatic rings. The van der Waals surface area contributed by atoms with E-state index in [1.165, 1.54) is 6.33 Å². The number of para-hydroxylation sites is 1. The molecule has 0 radical (unpaired) electrons. The molecule has 0 saturated heterocycles. The fourth-order valence-electron chi connectivity index (χ4n) is 5.20. The molecule has 198 valence electrons. The zero-order chi connectivity index (χ0) is 26.5.